The van der Waals surface area contributed by atoms with Gasteiger partial charge in [-0.15, -0.1) is 0 Å². The third-order valence-electron chi connectivity index (χ3n) is 3.70. The van der Waals surface area contributed by atoms with Crippen LogP contribution >= 0.6 is 0 Å². The van der Waals surface area contributed by atoms with E-state index in [-0.39, 0.29) is 5.69 Å². The van der Waals surface area contributed by atoms with E-state index in [1.807, 2.05) is 6.07 Å². The molecule has 0 fully saturated rings. The van der Waals surface area contributed by atoms with E-state index in [4.69, 9.17) is 0 Å². The zero-order valence-electron chi connectivity index (χ0n) is 12.2. The van der Waals surface area contributed by atoms with Crippen molar-refractivity contribution >= 4 is 11.3 Å². The zero-order valence-corrected chi connectivity index (χ0v) is 12.2. The highest BCUT2D eigenvalue weighted by Crippen LogP contribution is 2.26. The monoisotopic (exact) mass is 323 g/mol. The van der Waals surface area contributed by atoms with E-state index in [2.05, 4.69) is 9.97 Å². The van der Waals surface area contributed by atoms with Crippen LogP contribution in [-0.2, 0) is 0 Å². The summed E-state index contributed by atoms with van der Waals surface area (Å²) in [6.07, 6.45) is 6.59. The van der Waals surface area contributed by atoms with Crippen molar-refractivity contribution in [2.75, 3.05) is 0 Å². The van der Waals surface area contributed by atoms with E-state index in [0.29, 0.717) is 11.3 Å². The van der Waals surface area contributed by atoms with Crippen LogP contribution in [-0.4, -0.2) is 24.1 Å². The normalized spacial score (nSPS) is 11.0. The van der Waals surface area contributed by atoms with Crippen LogP contribution in [0.2, 0.25) is 0 Å². The first-order valence-electron chi connectivity index (χ1n) is 7.05. The molecule has 4 rings (SSSR count). The van der Waals surface area contributed by atoms with Gasteiger partial charge in [0, 0.05) is 36.3 Å². The van der Waals surface area contributed by atoms with E-state index < -0.39 is 16.4 Å². The van der Waals surface area contributed by atoms with E-state index in [1.165, 1.54) is 16.8 Å². The molecule has 0 radical (unpaired) electrons. The predicted molar refractivity (Wildman–Crippen MR) is 84.4 cm³/mol. The Kier molecular flexibility index (Phi) is 3.09. The fourth-order valence-corrected chi connectivity index (χ4v) is 2.63. The number of fused-ring (bicyclic) bond motifs is 1. The van der Waals surface area contributed by atoms with E-state index in [1.54, 1.807) is 41.4 Å². The molecule has 7 nitrogen and oxygen atoms in total. The Morgan fingerprint density at radius 3 is 2.75 bits per heavy atom. The molecule has 0 aliphatic rings. The SMILES string of the molecule is O=[N+]([O-])c1cccc(-n2ccc3ncc(-c4cccnc4)n32)c1F. The first kappa shape index (κ1) is 14.1. The fraction of sp³-hybridized carbons (Fsp3) is 0. The molecule has 8 heteroatoms. The Bertz CT molecular complexity index is 1050. The van der Waals surface area contributed by atoms with Crippen molar-refractivity contribution in [3.8, 4) is 16.9 Å². The Hall–Kier alpha value is -3.55. The number of nitro benzene ring substituents is 1. The van der Waals surface area contributed by atoms with Gasteiger partial charge in [-0.2, -0.15) is 4.39 Å². The molecule has 0 saturated carbocycles. The molecule has 24 heavy (non-hydrogen) atoms. The van der Waals surface area contributed by atoms with Crippen LogP contribution in [0.3, 0.4) is 0 Å². The van der Waals surface area contributed by atoms with Crippen LogP contribution in [0.4, 0.5) is 10.1 Å². The molecular weight excluding hydrogens is 313 g/mol. The van der Waals surface area contributed by atoms with Crippen molar-refractivity contribution in [2.24, 2.45) is 0 Å². The maximum absolute atomic E-state index is 14.5. The van der Waals surface area contributed by atoms with Gasteiger partial charge in [0.1, 0.15) is 5.69 Å². The quantitative estimate of drug-likeness (QED) is 0.428. The second kappa shape index (κ2) is 5.27. The molecule has 0 spiro atoms. The van der Waals surface area contributed by atoms with Crippen molar-refractivity contribution in [1.82, 2.24) is 19.2 Å². The van der Waals surface area contributed by atoms with E-state index in [0.717, 1.165) is 11.6 Å². The number of nitrogens with zero attached hydrogens (tertiary/aromatic N) is 5. The lowest BCUT2D eigenvalue weighted by Gasteiger charge is -2.09. The van der Waals surface area contributed by atoms with Crippen LogP contribution in [0.25, 0.3) is 22.6 Å². The van der Waals surface area contributed by atoms with Gasteiger partial charge in [0.25, 0.3) is 0 Å². The van der Waals surface area contributed by atoms with Gasteiger partial charge in [-0.25, -0.2) is 9.50 Å². The molecule has 0 aliphatic heterocycles. The summed E-state index contributed by atoms with van der Waals surface area (Å²) in [7, 11) is 0. The minimum atomic E-state index is -0.897. The molecule has 3 heterocycles. The number of nitro groups is 1. The highest BCUT2D eigenvalue weighted by Gasteiger charge is 2.20. The number of pyridine rings is 1. The summed E-state index contributed by atoms with van der Waals surface area (Å²) in [5.74, 6) is -0.897. The average Bonchev–Trinajstić information content (AvgIpc) is 3.18. The summed E-state index contributed by atoms with van der Waals surface area (Å²) in [4.78, 5) is 18.6. The maximum atomic E-state index is 14.5. The minimum Gasteiger partial charge on any atom is -0.264 e. The highest BCUT2D eigenvalue weighted by molar-refractivity contribution is 5.63. The largest absolute Gasteiger partial charge is 0.307 e. The number of benzene rings is 1. The topological polar surface area (TPSA) is 78.3 Å². The first-order chi connectivity index (χ1) is 11.7. The summed E-state index contributed by atoms with van der Waals surface area (Å²) < 4.78 is 17.7. The molecule has 118 valence electrons. The van der Waals surface area contributed by atoms with Crippen LogP contribution in [0, 0.1) is 15.9 Å². The predicted octanol–water partition coefficient (Wildman–Crippen LogP) is 3.23. The summed E-state index contributed by atoms with van der Waals surface area (Å²) in [5, 5.41) is 11.0. The second-order valence-corrected chi connectivity index (χ2v) is 5.08. The van der Waals surface area contributed by atoms with Crippen molar-refractivity contribution in [3.05, 3.63) is 77.1 Å². The van der Waals surface area contributed by atoms with Gasteiger partial charge in [0.2, 0.25) is 5.82 Å². The van der Waals surface area contributed by atoms with E-state index >= 15 is 0 Å². The average molecular weight is 323 g/mol. The molecule has 0 aliphatic carbocycles. The molecule has 0 saturated heterocycles. The number of imidazole rings is 1. The minimum absolute atomic E-state index is 0.0716. The van der Waals surface area contributed by atoms with Gasteiger partial charge in [-0.05, 0) is 18.2 Å². The van der Waals surface area contributed by atoms with Gasteiger partial charge < -0.3 is 0 Å². The lowest BCUT2D eigenvalue weighted by Crippen LogP contribution is -2.07. The van der Waals surface area contributed by atoms with Gasteiger partial charge in [-0.3, -0.25) is 19.8 Å². The van der Waals surface area contributed by atoms with Crippen molar-refractivity contribution in [2.45, 2.75) is 0 Å². The summed E-state index contributed by atoms with van der Waals surface area (Å²) in [6, 6.07) is 9.42. The van der Waals surface area contributed by atoms with Crippen LogP contribution < -0.4 is 0 Å². The maximum Gasteiger partial charge on any atom is 0.307 e. The number of rotatable bonds is 3. The van der Waals surface area contributed by atoms with Crippen molar-refractivity contribution < 1.29 is 9.31 Å². The van der Waals surface area contributed by atoms with Gasteiger partial charge >= 0.3 is 5.69 Å². The number of halogens is 1. The lowest BCUT2D eigenvalue weighted by molar-refractivity contribution is -0.387. The molecule has 3 aromatic heterocycles. The van der Waals surface area contributed by atoms with Crippen molar-refractivity contribution in [3.63, 3.8) is 0 Å². The van der Waals surface area contributed by atoms with E-state index in [9.17, 15) is 14.5 Å². The summed E-state index contributed by atoms with van der Waals surface area (Å²) in [6.45, 7) is 0. The Labute approximate surface area is 134 Å². The van der Waals surface area contributed by atoms with Crippen molar-refractivity contribution in [1.29, 1.82) is 0 Å². The number of hydrogen-bond donors (Lipinski definition) is 0. The zero-order chi connectivity index (χ0) is 16.7. The van der Waals surface area contributed by atoms with Gasteiger partial charge in [0.05, 0.1) is 16.8 Å². The standard InChI is InChI=1S/C16H10FN5O2/c17-16-12(4-1-5-13(16)22(23)24)20-8-6-15-19-10-14(21(15)20)11-3-2-7-18-9-11/h1-10H. The molecule has 0 amide bonds. The van der Waals surface area contributed by atoms with Crippen LogP contribution in [0.1, 0.15) is 0 Å². The molecule has 1 aromatic carbocycles. The Morgan fingerprint density at radius 1 is 1.12 bits per heavy atom. The highest BCUT2D eigenvalue weighted by atomic mass is 19.1. The van der Waals surface area contributed by atoms with Gasteiger partial charge in [-0.1, -0.05) is 6.07 Å². The third-order valence-corrected chi connectivity index (χ3v) is 3.70. The Balaban J connectivity index is 1.98. The van der Waals surface area contributed by atoms with Crippen LogP contribution in [0.15, 0.2) is 61.2 Å². The summed E-state index contributed by atoms with van der Waals surface area (Å²) in [5.41, 5.74) is 1.60. The second-order valence-electron chi connectivity index (χ2n) is 5.08. The molecule has 0 unspecified atom stereocenters. The molecule has 4 aromatic rings. The number of hydrogen-bond acceptors (Lipinski definition) is 4. The van der Waals surface area contributed by atoms with Gasteiger partial charge in [0.15, 0.2) is 5.65 Å². The number of aromatic nitrogens is 4. The fourth-order valence-electron chi connectivity index (χ4n) is 2.63. The smallest absolute Gasteiger partial charge is 0.264 e. The first-order valence-corrected chi connectivity index (χ1v) is 7.05. The Morgan fingerprint density at radius 2 is 2.00 bits per heavy atom. The molecule has 0 N–H and O–H groups in total. The molecular formula is C16H10FN5O2. The van der Waals surface area contributed by atoms with Crippen LogP contribution in [0.5, 0.6) is 0 Å². The third kappa shape index (κ3) is 2.04. The lowest BCUT2D eigenvalue weighted by atomic mass is 10.2. The molecule has 0 bridgehead atoms. The summed E-state index contributed by atoms with van der Waals surface area (Å²) >= 11 is 0. The molecule has 0 atom stereocenters.